The topological polar surface area (TPSA) is 78.9 Å². The minimum absolute atomic E-state index is 0.214. The zero-order valence-electron chi connectivity index (χ0n) is 16.1. The third-order valence-electron chi connectivity index (χ3n) is 4.90. The Labute approximate surface area is 180 Å². The van der Waals surface area contributed by atoms with Crippen molar-refractivity contribution in [3.8, 4) is 22.8 Å². The van der Waals surface area contributed by atoms with Crippen molar-refractivity contribution in [3.63, 3.8) is 0 Å². The Morgan fingerprint density at radius 3 is 2.80 bits per heavy atom. The number of fused-ring (bicyclic) bond motifs is 2. The van der Waals surface area contributed by atoms with Gasteiger partial charge >= 0.3 is 0 Å². The summed E-state index contributed by atoms with van der Waals surface area (Å²) in [7, 11) is 0. The summed E-state index contributed by atoms with van der Waals surface area (Å²) in [6, 6.07) is 11.0. The van der Waals surface area contributed by atoms with Crippen LogP contribution in [-0.4, -0.2) is 22.4 Å². The molecule has 1 amide bonds. The van der Waals surface area contributed by atoms with E-state index in [2.05, 4.69) is 10.1 Å². The Balaban J connectivity index is 1.65. The number of carbonyl (C=O) groups excluding carboxylic acids is 1. The lowest BCUT2D eigenvalue weighted by Crippen LogP contribution is -2.16. The normalized spacial score (nSPS) is 13.4. The van der Waals surface area contributed by atoms with E-state index in [9.17, 15) is 4.79 Å². The first-order valence-electron chi connectivity index (χ1n) is 9.30. The molecule has 2 aromatic heterocycles. The molecule has 7 nitrogen and oxygen atoms in total. The summed E-state index contributed by atoms with van der Waals surface area (Å²) in [6.07, 6.45) is 0. The largest absolute Gasteiger partial charge is 0.454 e. The van der Waals surface area contributed by atoms with Gasteiger partial charge in [-0.15, -0.1) is 0 Å². The second-order valence-corrected chi connectivity index (χ2v) is 8.08. The Morgan fingerprint density at radius 2 is 2.03 bits per heavy atom. The van der Waals surface area contributed by atoms with Gasteiger partial charge in [0.2, 0.25) is 6.79 Å². The van der Waals surface area contributed by atoms with Crippen LogP contribution in [0.4, 0.5) is 0 Å². The van der Waals surface area contributed by atoms with Crippen LogP contribution < -0.4 is 14.3 Å². The number of rotatable bonds is 3. The van der Waals surface area contributed by atoms with E-state index in [0.29, 0.717) is 50.4 Å². The van der Waals surface area contributed by atoms with Crippen LogP contribution in [0.2, 0.25) is 5.02 Å². The molecule has 4 aromatic rings. The predicted molar refractivity (Wildman–Crippen MR) is 113 cm³/mol. The summed E-state index contributed by atoms with van der Waals surface area (Å²) < 4.78 is 19.2. The van der Waals surface area contributed by atoms with Gasteiger partial charge in [-0.1, -0.05) is 46.3 Å². The molecular weight excluding hydrogens is 426 g/mol. The summed E-state index contributed by atoms with van der Waals surface area (Å²) >= 11 is 7.72. The van der Waals surface area contributed by atoms with Crippen molar-refractivity contribution in [2.45, 2.75) is 20.4 Å². The summed E-state index contributed by atoms with van der Waals surface area (Å²) in [5.74, 6) is 1.35. The number of halogens is 1. The molecule has 0 atom stereocenters. The van der Waals surface area contributed by atoms with Gasteiger partial charge in [0, 0.05) is 24.2 Å². The van der Waals surface area contributed by atoms with Gasteiger partial charge in [0.1, 0.15) is 17.0 Å². The molecular formula is C21H16ClN3O4S. The lowest BCUT2D eigenvalue weighted by molar-refractivity contribution is 0.0997. The molecule has 1 aliphatic heterocycles. The molecule has 3 heterocycles. The Morgan fingerprint density at radius 1 is 1.27 bits per heavy atom. The van der Waals surface area contributed by atoms with Crippen molar-refractivity contribution in [1.29, 1.82) is 0 Å². The monoisotopic (exact) mass is 441 g/mol. The maximum atomic E-state index is 13.2. The predicted octanol–water partition coefficient (Wildman–Crippen LogP) is 4.81. The van der Waals surface area contributed by atoms with E-state index in [-0.39, 0.29) is 6.79 Å². The number of amides is 1. The highest BCUT2D eigenvalue weighted by atomic mass is 35.5. The van der Waals surface area contributed by atoms with E-state index in [1.807, 2.05) is 35.8 Å². The highest BCUT2D eigenvalue weighted by Crippen LogP contribution is 2.37. The maximum absolute atomic E-state index is 13.2. The Bertz CT molecular complexity index is 1370. The highest BCUT2D eigenvalue weighted by Gasteiger charge is 2.23. The van der Waals surface area contributed by atoms with E-state index in [0.717, 1.165) is 10.2 Å². The van der Waals surface area contributed by atoms with Crippen LogP contribution in [0, 0.1) is 6.92 Å². The molecule has 152 valence electrons. The van der Waals surface area contributed by atoms with Gasteiger partial charge < -0.3 is 18.6 Å². The molecule has 2 aromatic carbocycles. The molecule has 0 unspecified atom stereocenters. The first kappa shape index (κ1) is 18.9. The molecule has 0 N–H and O–H groups in total. The van der Waals surface area contributed by atoms with E-state index in [1.54, 1.807) is 19.1 Å². The molecule has 0 spiro atoms. The number of hydrogen-bond donors (Lipinski definition) is 0. The molecule has 0 saturated heterocycles. The van der Waals surface area contributed by atoms with Gasteiger partial charge in [-0.3, -0.25) is 4.79 Å². The molecule has 0 bridgehead atoms. The Hall–Kier alpha value is -3.10. The summed E-state index contributed by atoms with van der Waals surface area (Å²) in [5.41, 5.74) is 2.25. The van der Waals surface area contributed by atoms with Crippen molar-refractivity contribution < 1.29 is 18.8 Å². The first-order valence-corrected chi connectivity index (χ1v) is 10.5. The fourth-order valence-corrected chi connectivity index (χ4v) is 4.78. The van der Waals surface area contributed by atoms with Crippen molar-refractivity contribution in [2.75, 3.05) is 6.79 Å². The number of thiazole rings is 1. The fraction of sp³-hybridized carbons (Fsp3) is 0.190. The van der Waals surface area contributed by atoms with Gasteiger partial charge in [-0.05, 0) is 19.9 Å². The number of benzene rings is 2. The van der Waals surface area contributed by atoms with E-state index in [4.69, 9.17) is 25.6 Å². The number of carbonyl (C=O) groups is 1. The molecule has 0 aliphatic carbocycles. The van der Waals surface area contributed by atoms with Crippen LogP contribution in [0.5, 0.6) is 11.5 Å². The number of nitrogens with zero attached hydrogens (tertiary/aromatic N) is 3. The second kappa shape index (κ2) is 7.30. The molecule has 0 saturated carbocycles. The quantitative estimate of drug-likeness (QED) is 0.456. The van der Waals surface area contributed by atoms with Gasteiger partial charge in [0.05, 0.1) is 15.2 Å². The average Bonchev–Trinajstić information content (AvgIpc) is 3.42. The van der Waals surface area contributed by atoms with Gasteiger partial charge in [-0.2, -0.15) is 4.99 Å². The molecule has 5 rings (SSSR count). The molecule has 0 radical (unpaired) electrons. The van der Waals surface area contributed by atoms with Crippen LogP contribution in [0.25, 0.3) is 21.5 Å². The van der Waals surface area contributed by atoms with Crippen molar-refractivity contribution >= 4 is 39.1 Å². The van der Waals surface area contributed by atoms with Gasteiger partial charge in [0.15, 0.2) is 16.3 Å². The van der Waals surface area contributed by atoms with E-state index < -0.39 is 5.91 Å². The lowest BCUT2D eigenvalue weighted by Gasteiger charge is -2.03. The molecule has 0 fully saturated rings. The number of hydrogen-bond acceptors (Lipinski definition) is 6. The van der Waals surface area contributed by atoms with Crippen molar-refractivity contribution in [3.05, 3.63) is 57.5 Å². The van der Waals surface area contributed by atoms with Crippen LogP contribution in [0.3, 0.4) is 0 Å². The van der Waals surface area contributed by atoms with Gasteiger partial charge in [-0.25, -0.2) is 0 Å². The summed E-state index contributed by atoms with van der Waals surface area (Å²) in [4.78, 5) is 18.2. The summed E-state index contributed by atoms with van der Waals surface area (Å²) in [6.45, 7) is 4.55. The number of aromatic nitrogens is 2. The zero-order chi connectivity index (χ0) is 20.8. The Kier molecular flexibility index (Phi) is 4.60. The maximum Gasteiger partial charge on any atom is 0.285 e. The van der Waals surface area contributed by atoms with Crippen LogP contribution in [0.1, 0.15) is 23.0 Å². The number of aryl methyl sites for hydroxylation is 2. The first-order chi connectivity index (χ1) is 14.6. The minimum Gasteiger partial charge on any atom is -0.454 e. The average molecular weight is 442 g/mol. The van der Waals surface area contributed by atoms with E-state index >= 15 is 0 Å². The molecule has 30 heavy (non-hydrogen) atoms. The SMILES string of the molecule is CCn1c(=NC(=O)c2c(-c3ccccc3Cl)noc2C)sc2cc3c(cc21)OCO3. The standard InChI is InChI=1S/C21H16ClN3O4S/c1-3-25-14-8-15-16(28-10-27-15)9-17(14)30-21(25)23-20(26)18-11(2)29-24-19(18)12-6-4-5-7-13(12)22/h4-9H,3,10H2,1-2H3. The van der Waals surface area contributed by atoms with Crippen LogP contribution in [-0.2, 0) is 6.54 Å². The third-order valence-corrected chi connectivity index (χ3v) is 6.27. The molecule has 1 aliphatic rings. The van der Waals surface area contributed by atoms with Gasteiger partial charge in [0.25, 0.3) is 5.91 Å². The van der Waals surface area contributed by atoms with Crippen LogP contribution >= 0.6 is 22.9 Å². The fourth-order valence-electron chi connectivity index (χ4n) is 3.45. The number of ether oxygens (including phenoxy) is 2. The zero-order valence-corrected chi connectivity index (χ0v) is 17.7. The highest BCUT2D eigenvalue weighted by molar-refractivity contribution is 7.16. The van der Waals surface area contributed by atoms with E-state index in [1.165, 1.54) is 11.3 Å². The smallest absolute Gasteiger partial charge is 0.285 e. The summed E-state index contributed by atoms with van der Waals surface area (Å²) in [5, 5.41) is 4.55. The van der Waals surface area contributed by atoms with Crippen molar-refractivity contribution in [1.82, 2.24) is 9.72 Å². The van der Waals surface area contributed by atoms with Crippen LogP contribution in [0.15, 0.2) is 45.9 Å². The minimum atomic E-state index is -0.433. The third kappa shape index (κ3) is 3.00. The lowest BCUT2D eigenvalue weighted by atomic mass is 10.1. The molecule has 9 heteroatoms. The van der Waals surface area contributed by atoms with Crippen molar-refractivity contribution in [2.24, 2.45) is 4.99 Å². The second-order valence-electron chi connectivity index (χ2n) is 6.66.